The Morgan fingerprint density at radius 1 is 1.45 bits per heavy atom. The van der Waals surface area contributed by atoms with Crippen molar-refractivity contribution in [1.82, 2.24) is 10.2 Å². The molecule has 20 heavy (non-hydrogen) atoms. The molecule has 6 nitrogen and oxygen atoms in total. The molecule has 0 bridgehead atoms. The van der Waals surface area contributed by atoms with Gasteiger partial charge in [0.2, 0.25) is 0 Å². The van der Waals surface area contributed by atoms with E-state index in [4.69, 9.17) is 9.84 Å². The number of hydrogen-bond acceptors (Lipinski definition) is 3. The van der Waals surface area contributed by atoms with Gasteiger partial charge < -0.3 is 20.1 Å². The molecule has 0 radical (unpaired) electrons. The van der Waals surface area contributed by atoms with Crippen LogP contribution in [0.25, 0.3) is 0 Å². The first-order valence-corrected chi connectivity index (χ1v) is 6.49. The van der Waals surface area contributed by atoms with Gasteiger partial charge in [-0.05, 0) is 18.1 Å². The van der Waals surface area contributed by atoms with Crippen LogP contribution in [0.15, 0.2) is 24.3 Å². The van der Waals surface area contributed by atoms with Crippen molar-refractivity contribution in [2.45, 2.75) is 19.5 Å². The minimum atomic E-state index is -1.05. The van der Waals surface area contributed by atoms with Crippen LogP contribution in [-0.4, -0.2) is 47.8 Å². The maximum Gasteiger partial charge on any atom is 0.328 e. The van der Waals surface area contributed by atoms with Crippen LogP contribution in [0.3, 0.4) is 0 Å². The topological polar surface area (TPSA) is 78.9 Å². The van der Waals surface area contributed by atoms with Gasteiger partial charge in [0.05, 0.1) is 13.2 Å². The smallest absolute Gasteiger partial charge is 0.328 e. The average Bonchev–Trinajstić information content (AvgIpc) is 2.46. The van der Waals surface area contributed by atoms with Gasteiger partial charge in [-0.2, -0.15) is 0 Å². The molecule has 2 rings (SSSR count). The summed E-state index contributed by atoms with van der Waals surface area (Å²) in [7, 11) is 0. The first-order chi connectivity index (χ1) is 9.59. The van der Waals surface area contributed by atoms with Crippen LogP contribution in [0.2, 0.25) is 0 Å². The fourth-order valence-electron chi connectivity index (χ4n) is 2.13. The van der Waals surface area contributed by atoms with Crippen molar-refractivity contribution >= 4 is 12.0 Å². The van der Waals surface area contributed by atoms with Gasteiger partial charge in [0.25, 0.3) is 0 Å². The predicted molar refractivity (Wildman–Crippen MR) is 72.4 cm³/mol. The van der Waals surface area contributed by atoms with E-state index in [-0.39, 0.29) is 19.2 Å². The van der Waals surface area contributed by atoms with Crippen molar-refractivity contribution in [3.05, 3.63) is 35.4 Å². The molecule has 1 aliphatic rings. The molecule has 1 atom stereocenters. The van der Waals surface area contributed by atoms with Crippen molar-refractivity contribution in [2.75, 3.05) is 19.8 Å². The second-order valence-corrected chi connectivity index (χ2v) is 4.71. The van der Waals surface area contributed by atoms with Gasteiger partial charge >= 0.3 is 12.0 Å². The summed E-state index contributed by atoms with van der Waals surface area (Å²) in [4.78, 5) is 24.5. The number of rotatable bonds is 3. The molecule has 6 heteroatoms. The monoisotopic (exact) mass is 278 g/mol. The Balaban J connectivity index is 1.97. The quantitative estimate of drug-likeness (QED) is 0.864. The number of carbonyl (C=O) groups excluding carboxylic acids is 1. The summed E-state index contributed by atoms with van der Waals surface area (Å²) in [5, 5.41) is 11.8. The number of benzene rings is 1. The molecular formula is C14H18N2O4. The predicted octanol–water partition coefficient (Wildman–Crippen LogP) is 0.990. The summed E-state index contributed by atoms with van der Waals surface area (Å²) in [5.74, 6) is -1.05. The van der Waals surface area contributed by atoms with Crippen molar-refractivity contribution < 1.29 is 19.4 Å². The van der Waals surface area contributed by atoms with Crippen molar-refractivity contribution in [1.29, 1.82) is 0 Å². The number of carbonyl (C=O) groups is 2. The molecule has 0 spiro atoms. The van der Waals surface area contributed by atoms with Gasteiger partial charge in [0, 0.05) is 13.1 Å². The van der Waals surface area contributed by atoms with Gasteiger partial charge in [-0.3, -0.25) is 0 Å². The Morgan fingerprint density at radius 3 is 2.90 bits per heavy atom. The largest absolute Gasteiger partial charge is 0.480 e. The summed E-state index contributed by atoms with van der Waals surface area (Å²) >= 11 is 0. The summed E-state index contributed by atoms with van der Waals surface area (Å²) in [6, 6.07) is 6.45. The highest BCUT2D eigenvalue weighted by Gasteiger charge is 2.32. The van der Waals surface area contributed by atoms with Crippen molar-refractivity contribution in [2.24, 2.45) is 0 Å². The normalized spacial score (nSPS) is 18.6. The minimum absolute atomic E-state index is 0.0348. The number of urea groups is 1. The number of hydrogen-bond donors (Lipinski definition) is 2. The second kappa shape index (κ2) is 6.38. The number of morpholine rings is 1. The molecule has 1 aromatic rings. The SMILES string of the molecule is Cc1ccccc1CNC(=O)N1CCOCC1C(=O)O. The van der Waals surface area contributed by atoms with Gasteiger partial charge in [-0.25, -0.2) is 9.59 Å². The lowest BCUT2D eigenvalue weighted by atomic mass is 10.1. The van der Waals surface area contributed by atoms with E-state index in [1.165, 1.54) is 4.90 Å². The van der Waals surface area contributed by atoms with Crippen LogP contribution in [0.4, 0.5) is 4.79 Å². The zero-order valence-electron chi connectivity index (χ0n) is 11.3. The Kier molecular flexibility index (Phi) is 4.57. The Labute approximate surface area is 117 Å². The summed E-state index contributed by atoms with van der Waals surface area (Å²) in [6.45, 7) is 3.04. The van der Waals surface area contributed by atoms with Crippen LogP contribution < -0.4 is 5.32 Å². The minimum Gasteiger partial charge on any atom is -0.480 e. The number of nitrogens with one attached hydrogen (secondary N) is 1. The maximum atomic E-state index is 12.1. The lowest BCUT2D eigenvalue weighted by Gasteiger charge is -2.32. The van der Waals surface area contributed by atoms with Crippen LogP contribution in [0.1, 0.15) is 11.1 Å². The van der Waals surface area contributed by atoms with E-state index in [2.05, 4.69) is 5.32 Å². The molecule has 0 aliphatic carbocycles. The molecule has 1 aromatic carbocycles. The number of ether oxygens (including phenoxy) is 1. The standard InChI is InChI=1S/C14H18N2O4/c1-10-4-2-3-5-11(10)8-15-14(19)16-6-7-20-9-12(16)13(17)18/h2-5,12H,6-9H2,1H3,(H,15,19)(H,17,18). The van der Waals surface area contributed by atoms with Gasteiger partial charge in [0.15, 0.2) is 6.04 Å². The summed E-state index contributed by atoms with van der Waals surface area (Å²) < 4.78 is 5.10. The number of amides is 2. The zero-order valence-corrected chi connectivity index (χ0v) is 11.3. The summed E-state index contributed by atoms with van der Waals surface area (Å²) in [5.41, 5.74) is 2.10. The highest BCUT2D eigenvalue weighted by Crippen LogP contribution is 2.09. The number of nitrogens with zero attached hydrogens (tertiary/aromatic N) is 1. The molecule has 0 saturated carbocycles. The van der Waals surface area contributed by atoms with Gasteiger partial charge in [-0.1, -0.05) is 24.3 Å². The Morgan fingerprint density at radius 2 is 2.20 bits per heavy atom. The highest BCUT2D eigenvalue weighted by atomic mass is 16.5. The molecule has 1 heterocycles. The van der Waals surface area contributed by atoms with Crippen LogP contribution in [0.5, 0.6) is 0 Å². The van der Waals surface area contributed by atoms with E-state index in [1.807, 2.05) is 31.2 Å². The molecular weight excluding hydrogens is 260 g/mol. The van der Waals surface area contributed by atoms with Crippen molar-refractivity contribution in [3.8, 4) is 0 Å². The molecule has 1 unspecified atom stereocenters. The second-order valence-electron chi connectivity index (χ2n) is 4.71. The molecule has 2 N–H and O–H groups in total. The first kappa shape index (κ1) is 14.3. The average molecular weight is 278 g/mol. The fourth-order valence-corrected chi connectivity index (χ4v) is 2.13. The third-order valence-corrected chi connectivity index (χ3v) is 3.37. The molecule has 1 fully saturated rings. The zero-order chi connectivity index (χ0) is 14.5. The number of carboxylic acid groups (broad SMARTS) is 1. The Hall–Kier alpha value is -2.08. The lowest BCUT2D eigenvalue weighted by molar-refractivity contribution is -0.147. The van der Waals surface area contributed by atoms with Crippen LogP contribution >= 0.6 is 0 Å². The van der Waals surface area contributed by atoms with E-state index in [0.717, 1.165) is 11.1 Å². The van der Waals surface area contributed by atoms with Crippen LogP contribution in [0, 0.1) is 6.92 Å². The van der Waals surface area contributed by atoms with Crippen LogP contribution in [-0.2, 0) is 16.1 Å². The third kappa shape index (κ3) is 3.27. The molecule has 108 valence electrons. The fraction of sp³-hybridized carbons (Fsp3) is 0.429. The van der Waals surface area contributed by atoms with E-state index in [0.29, 0.717) is 13.2 Å². The number of aryl methyl sites for hydroxylation is 1. The maximum absolute atomic E-state index is 12.1. The van der Waals surface area contributed by atoms with E-state index in [1.54, 1.807) is 0 Å². The first-order valence-electron chi connectivity index (χ1n) is 6.49. The Bertz CT molecular complexity index is 504. The molecule has 1 aliphatic heterocycles. The van der Waals surface area contributed by atoms with E-state index in [9.17, 15) is 9.59 Å². The molecule has 0 aromatic heterocycles. The number of aliphatic carboxylic acids is 1. The van der Waals surface area contributed by atoms with Crippen molar-refractivity contribution in [3.63, 3.8) is 0 Å². The van der Waals surface area contributed by atoms with Gasteiger partial charge in [-0.15, -0.1) is 0 Å². The summed E-state index contributed by atoms with van der Waals surface area (Å²) in [6.07, 6.45) is 0. The lowest BCUT2D eigenvalue weighted by Crippen LogP contribution is -2.55. The third-order valence-electron chi connectivity index (χ3n) is 3.37. The number of carboxylic acids is 1. The molecule has 1 saturated heterocycles. The van der Waals surface area contributed by atoms with E-state index < -0.39 is 12.0 Å². The molecule has 2 amide bonds. The van der Waals surface area contributed by atoms with Gasteiger partial charge in [0.1, 0.15) is 0 Å². The van der Waals surface area contributed by atoms with E-state index >= 15 is 0 Å². The highest BCUT2D eigenvalue weighted by molar-refractivity contribution is 5.83.